The van der Waals surface area contributed by atoms with E-state index in [9.17, 15) is 4.79 Å². The Morgan fingerprint density at radius 3 is 2.96 bits per heavy atom. The van der Waals surface area contributed by atoms with Gasteiger partial charge in [-0.3, -0.25) is 9.69 Å². The van der Waals surface area contributed by atoms with Crippen LogP contribution in [0.3, 0.4) is 0 Å². The number of benzene rings is 1. The van der Waals surface area contributed by atoms with E-state index in [1.807, 2.05) is 31.2 Å². The van der Waals surface area contributed by atoms with Crippen LogP contribution in [0.25, 0.3) is 0 Å². The van der Waals surface area contributed by atoms with Crippen molar-refractivity contribution in [3.05, 3.63) is 57.8 Å². The summed E-state index contributed by atoms with van der Waals surface area (Å²) in [5.74, 6) is -0.0408. The highest BCUT2D eigenvalue weighted by Crippen LogP contribution is 2.33. The minimum atomic E-state index is -0.257. The molecule has 0 radical (unpaired) electrons. The molecular weight excluding hydrogens is 372 g/mol. The molecule has 0 bridgehead atoms. The first-order chi connectivity index (χ1) is 13.6. The van der Waals surface area contributed by atoms with Crippen molar-refractivity contribution < 1.29 is 14.3 Å². The van der Waals surface area contributed by atoms with E-state index >= 15 is 0 Å². The molecule has 0 unspecified atom stereocenters. The fourth-order valence-electron chi connectivity index (χ4n) is 4.02. The Morgan fingerprint density at radius 2 is 2.18 bits per heavy atom. The Labute approximate surface area is 170 Å². The van der Waals surface area contributed by atoms with Gasteiger partial charge in [-0.1, -0.05) is 23.8 Å². The fraction of sp³-hybridized carbons (Fsp3) is 0.500. The first-order valence-electron chi connectivity index (χ1n) is 9.97. The maximum atomic E-state index is 12.4. The second kappa shape index (κ2) is 8.74. The standard InChI is InChI=1S/C22H28N2O3S/c1-17-4-6-18(7-5-17)21(25)23-13-19-8-9-22(27-19)15-24(10-11-26-16-22)14-20-3-2-12-28-20/h2-7,12,19H,8-11,13-16H2,1H3,(H,23,25)/t19-,22-/m1/s1. The predicted octanol–water partition coefficient (Wildman–Crippen LogP) is 3.24. The van der Waals surface area contributed by atoms with Gasteiger partial charge in [0.15, 0.2) is 0 Å². The van der Waals surface area contributed by atoms with Gasteiger partial charge < -0.3 is 14.8 Å². The van der Waals surface area contributed by atoms with Gasteiger partial charge in [-0.05, 0) is 43.3 Å². The van der Waals surface area contributed by atoms with Crippen molar-refractivity contribution >= 4 is 17.2 Å². The number of amides is 1. The zero-order valence-corrected chi connectivity index (χ0v) is 17.2. The van der Waals surface area contributed by atoms with Crippen LogP contribution in [-0.4, -0.2) is 55.4 Å². The van der Waals surface area contributed by atoms with Crippen LogP contribution in [0.4, 0.5) is 0 Å². The zero-order valence-electron chi connectivity index (χ0n) is 16.4. The number of nitrogens with zero attached hydrogens (tertiary/aromatic N) is 1. The number of ether oxygens (including phenoxy) is 2. The van der Waals surface area contributed by atoms with Crippen molar-refractivity contribution in [1.82, 2.24) is 10.2 Å². The third-order valence-electron chi connectivity index (χ3n) is 5.53. The average molecular weight is 401 g/mol. The molecule has 28 heavy (non-hydrogen) atoms. The molecule has 1 aromatic heterocycles. The molecule has 1 spiro atoms. The maximum absolute atomic E-state index is 12.4. The quantitative estimate of drug-likeness (QED) is 0.837. The molecule has 5 nitrogen and oxygen atoms in total. The fourth-order valence-corrected chi connectivity index (χ4v) is 4.76. The maximum Gasteiger partial charge on any atom is 0.251 e. The van der Waals surface area contributed by atoms with E-state index in [0.717, 1.165) is 44.6 Å². The summed E-state index contributed by atoms with van der Waals surface area (Å²) >= 11 is 1.79. The lowest BCUT2D eigenvalue weighted by Gasteiger charge is -2.31. The first-order valence-corrected chi connectivity index (χ1v) is 10.9. The second-order valence-electron chi connectivity index (χ2n) is 7.88. The van der Waals surface area contributed by atoms with Gasteiger partial charge in [-0.2, -0.15) is 0 Å². The highest BCUT2D eigenvalue weighted by Gasteiger charge is 2.43. The van der Waals surface area contributed by atoms with Crippen LogP contribution in [0.1, 0.15) is 33.6 Å². The van der Waals surface area contributed by atoms with Crippen molar-refractivity contribution in [1.29, 1.82) is 0 Å². The van der Waals surface area contributed by atoms with Gasteiger partial charge in [0.1, 0.15) is 5.60 Å². The van der Waals surface area contributed by atoms with Crippen molar-refractivity contribution in [3.63, 3.8) is 0 Å². The third-order valence-corrected chi connectivity index (χ3v) is 6.39. The van der Waals surface area contributed by atoms with Crippen molar-refractivity contribution in [2.45, 2.75) is 38.0 Å². The van der Waals surface area contributed by atoms with E-state index in [-0.39, 0.29) is 17.6 Å². The summed E-state index contributed by atoms with van der Waals surface area (Å²) < 4.78 is 12.3. The second-order valence-corrected chi connectivity index (χ2v) is 8.91. The normalized spacial score (nSPS) is 25.7. The minimum Gasteiger partial charge on any atom is -0.377 e. The van der Waals surface area contributed by atoms with Gasteiger partial charge >= 0.3 is 0 Å². The van der Waals surface area contributed by atoms with Crippen LogP contribution in [0, 0.1) is 6.92 Å². The molecule has 1 aromatic carbocycles. The summed E-state index contributed by atoms with van der Waals surface area (Å²) in [6.45, 7) is 6.69. The molecule has 0 aliphatic carbocycles. The molecule has 4 rings (SSSR count). The van der Waals surface area contributed by atoms with Crippen molar-refractivity contribution in [2.75, 3.05) is 32.8 Å². The molecule has 6 heteroatoms. The lowest BCUT2D eigenvalue weighted by Crippen LogP contribution is -2.45. The van der Waals surface area contributed by atoms with Crippen LogP contribution >= 0.6 is 11.3 Å². The van der Waals surface area contributed by atoms with E-state index in [1.54, 1.807) is 11.3 Å². The average Bonchev–Trinajstić information content (AvgIpc) is 3.29. The van der Waals surface area contributed by atoms with Crippen LogP contribution in [0.15, 0.2) is 41.8 Å². The van der Waals surface area contributed by atoms with Gasteiger partial charge in [0.2, 0.25) is 0 Å². The minimum absolute atomic E-state index is 0.0408. The summed E-state index contributed by atoms with van der Waals surface area (Å²) in [5, 5.41) is 5.15. The van der Waals surface area contributed by atoms with E-state index < -0.39 is 0 Å². The molecule has 2 aliphatic rings. The largest absolute Gasteiger partial charge is 0.377 e. The molecule has 2 aliphatic heterocycles. The molecule has 2 atom stereocenters. The summed E-state index contributed by atoms with van der Waals surface area (Å²) in [7, 11) is 0. The molecule has 1 N–H and O–H groups in total. The van der Waals surface area contributed by atoms with Gasteiger partial charge in [0.25, 0.3) is 5.91 Å². The smallest absolute Gasteiger partial charge is 0.251 e. The summed E-state index contributed by atoms with van der Waals surface area (Å²) in [5.41, 5.74) is 1.59. The number of aryl methyl sites for hydroxylation is 1. The Hall–Kier alpha value is -1.73. The number of carbonyl (C=O) groups is 1. The topological polar surface area (TPSA) is 50.8 Å². The summed E-state index contributed by atoms with van der Waals surface area (Å²) in [6, 6.07) is 11.9. The van der Waals surface area contributed by atoms with Gasteiger partial charge in [-0.25, -0.2) is 0 Å². The Balaban J connectivity index is 1.31. The van der Waals surface area contributed by atoms with E-state index in [1.165, 1.54) is 4.88 Å². The van der Waals surface area contributed by atoms with Gasteiger partial charge in [0.05, 0.1) is 19.3 Å². The number of hydrogen-bond acceptors (Lipinski definition) is 5. The SMILES string of the molecule is Cc1ccc(C(=O)NC[C@H]2CC[C@@]3(COCCN(Cc4cccs4)C3)O2)cc1. The molecular formula is C22H28N2O3S. The van der Waals surface area contributed by atoms with Crippen LogP contribution in [0.2, 0.25) is 0 Å². The first kappa shape index (κ1) is 19.6. The van der Waals surface area contributed by atoms with Crippen molar-refractivity contribution in [2.24, 2.45) is 0 Å². The molecule has 0 saturated carbocycles. The van der Waals surface area contributed by atoms with Gasteiger partial charge in [-0.15, -0.1) is 11.3 Å². The van der Waals surface area contributed by atoms with Gasteiger partial charge in [0, 0.05) is 36.6 Å². The highest BCUT2D eigenvalue weighted by molar-refractivity contribution is 7.09. The summed E-state index contributed by atoms with van der Waals surface area (Å²) in [4.78, 5) is 16.2. The molecule has 1 amide bonds. The highest BCUT2D eigenvalue weighted by atomic mass is 32.1. The zero-order chi connectivity index (χ0) is 19.4. The Morgan fingerprint density at radius 1 is 1.32 bits per heavy atom. The molecule has 2 aromatic rings. The van der Waals surface area contributed by atoms with E-state index in [2.05, 4.69) is 27.7 Å². The van der Waals surface area contributed by atoms with E-state index in [0.29, 0.717) is 18.7 Å². The van der Waals surface area contributed by atoms with Crippen LogP contribution < -0.4 is 5.32 Å². The number of hydrogen-bond donors (Lipinski definition) is 1. The number of rotatable bonds is 5. The predicted molar refractivity (Wildman–Crippen MR) is 111 cm³/mol. The van der Waals surface area contributed by atoms with E-state index in [4.69, 9.17) is 9.47 Å². The Bertz CT molecular complexity index is 778. The molecule has 2 saturated heterocycles. The summed E-state index contributed by atoms with van der Waals surface area (Å²) in [6.07, 6.45) is 1.96. The Kier molecular flexibility index (Phi) is 6.11. The van der Waals surface area contributed by atoms with Crippen molar-refractivity contribution in [3.8, 4) is 0 Å². The number of thiophene rings is 1. The number of nitrogens with one attached hydrogen (secondary N) is 1. The molecule has 3 heterocycles. The monoisotopic (exact) mass is 400 g/mol. The van der Waals surface area contributed by atoms with Crippen LogP contribution in [0.5, 0.6) is 0 Å². The van der Waals surface area contributed by atoms with Crippen LogP contribution in [-0.2, 0) is 16.0 Å². The number of carbonyl (C=O) groups excluding carboxylic acids is 1. The lowest BCUT2D eigenvalue weighted by molar-refractivity contribution is -0.0848. The molecule has 2 fully saturated rings. The molecule has 150 valence electrons. The third kappa shape index (κ3) is 4.81. The lowest BCUT2D eigenvalue weighted by atomic mass is 10.00.